The maximum atomic E-state index is 6.28. The van der Waals surface area contributed by atoms with Gasteiger partial charge in [-0.3, -0.25) is 0 Å². The lowest BCUT2D eigenvalue weighted by atomic mass is 10.2. The van der Waals surface area contributed by atoms with Crippen LogP contribution in [0.25, 0.3) is 0 Å². The van der Waals surface area contributed by atoms with Crippen molar-refractivity contribution in [1.82, 2.24) is 4.98 Å². The number of anilines is 2. The van der Waals surface area contributed by atoms with E-state index in [1.807, 2.05) is 41.5 Å². The van der Waals surface area contributed by atoms with Crippen LogP contribution < -0.4 is 20.3 Å². The van der Waals surface area contributed by atoms with E-state index in [-0.39, 0.29) is 5.50 Å². The fourth-order valence-corrected chi connectivity index (χ4v) is 4.29. The molecule has 0 aliphatic carbocycles. The van der Waals surface area contributed by atoms with Crippen molar-refractivity contribution in [2.24, 2.45) is 5.73 Å². The molecule has 0 bridgehead atoms. The predicted octanol–water partition coefficient (Wildman–Crippen LogP) is 4.13. The van der Waals surface area contributed by atoms with E-state index in [1.54, 1.807) is 18.0 Å². The average molecular weight is 449 g/mol. The number of hydrogen-bond acceptors (Lipinski definition) is 7. The first kappa shape index (κ1) is 18.6. The van der Waals surface area contributed by atoms with Crippen LogP contribution in [0.4, 0.5) is 11.5 Å². The number of benzene rings is 1. The van der Waals surface area contributed by atoms with Crippen molar-refractivity contribution in [3.8, 4) is 11.5 Å². The highest BCUT2D eigenvalue weighted by Crippen LogP contribution is 2.40. The third kappa shape index (κ3) is 3.94. The summed E-state index contributed by atoms with van der Waals surface area (Å²) < 4.78 is 12.6. The van der Waals surface area contributed by atoms with Gasteiger partial charge in [0.2, 0.25) is 0 Å². The molecule has 0 saturated carbocycles. The molecular formula is C19H21BrN4O2S. The summed E-state index contributed by atoms with van der Waals surface area (Å²) in [5.74, 6) is 2.13. The van der Waals surface area contributed by atoms with E-state index < -0.39 is 0 Å². The lowest BCUT2D eigenvalue weighted by Crippen LogP contribution is -2.36. The Labute approximate surface area is 171 Å². The summed E-state index contributed by atoms with van der Waals surface area (Å²) in [6.07, 6.45) is 1.75. The quantitative estimate of drug-likeness (QED) is 0.753. The molecule has 3 heterocycles. The van der Waals surface area contributed by atoms with Gasteiger partial charge in [-0.25, -0.2) is 4.98 Å². The fraction of sp³-hybridized carbons (Fsp3) is 0.316. The highest BCUT2D eigenvalue weighted by atomic mass is 79.9. The second-order valence-corrected chi connectivity index (χ2v) is 8.14. The highest BCUT2D eigenvalue weighted by Gasteiger charge is 2.26. The molecule has 2 aliphatic heterocycles. The maximum Gasteiger partial charge on any atom is 0.178 e. The molecule has 0 amide bonds. The second kappa shape index (κ2) is 8.10. The Kier molecular flexibility index (Phi) is 5.58. The Bertz CT molecular complexity index is 857. The van der Waals surface area contributed by atoms with E-state index in [9.17, 15) is 0 Å². The predicted molar refractivity (Wildman–Crippen MR) is 113 cm³/mol. The van der Waals surface area contributed by atoms with Crippen molar-refractivity contribution < 1.29 is 9.47 Å². The minimum absolute atomic E-state index is 0.203. The van der Waals surface area contributed by atoms with Crippen molar-refractivity contribution in [1.29, 1.82) is 0 Å². The van der Waals surface area contributed by atoms with Gasteiger partial charge in [-0.1, -0.05) is 11.8 Å². The Morgan fingerprint density at radius 3 is 2.81 bits per heavy atom. The summed E-state index contributed by atoms with van der Waals surface area (Å²) in [7, 11) is 0. The molecule has 1 saturated heterocycles. The summed E-state index contributed by atoms with van der Waals surface area (Å²) in [6, 6.07) is 9.93. The number of pyridine rings is 1. The van der Waals surface area contributed by atoms with Gasteiger partial charge >= 0.3 is 0 Å². The molecular weight excluding hydrogens is 428 g/mol. The van der Waals surface area contributed by atoms with Crippen LogP contribution in [0, 0.1) is 0 Å². The van der Waals surface area contributed by atoms with Crippen LogP contribution in [0.3, 0.4) is 0 Å². The number of nitrogens with two attached hydrogens (primary N) is 1. The molecule has 1 aromatic heterocycles. The topological polar surface area (TPSA) is 63.8 Å². The summed E-state index contributed by atoms with van der Waals surface area (Å²) in [6.45, 7) is 5.27. The minimum Gasteiger partial charge on any atom is -0.452 e. The van der Waals surface area contributed by atoms with Crippen LogP contribution in [0.1, 0.15) is 6.92 Å². The number of halogens is 1. The van der Waals surface area contributed by atoms with E-state index in [1.165, 1.54) is 0 Å². The SMILES string of the molecule is CC1=CSC(N)N1c1ncccc1Oc1cc(N2CCOCC2)ccc1Br. The number of ether oxygens (including phenoxy) is 2. The Hall–Kier alpha value is -1.74. The largest absolute Gasteiger partial charge is 0.452 e. The summed E-state index contributed by atoms with van der Waals surface area (Å²) in [5, 5.41) is 2.04. The molecule has 4 rings (SSSR count). The zero-order valence-corrected chi connectivity index (χ0v) is 17.4. The number of nitrogens with zero attached hydrogens (tertiary/aromatic N) is 3. The van der Waals surface area contributed by atoms with E-state index in [2.05, 4.69) is 31.9 Å². The van der Waals surface area contributed by atoms with E-state index in [0.29, 0.717) is 11.6 Å². The molecule has 1 fully saturated rings. The third-order valence-corrected chi connectivity index (χ3v) is 6.12. The summed E-state index contributed by atoms with van der Waals surface area (Å²) >= 11 is 5.17. The molecule has 6 nitrogen and oxygen atoms in total. The number of aromatic nitrogens is 1. The van der Waals surface area contributed by atoms with Gasteiger partial charge in [-0.05, 0) is 52.5 Å². The normalized spacial score (nSPS) is 20.0. The summed E-state index contributed by atoms with van der Waals surface area (Å²) in [4.78, 5) is 8.81. The van der Waals surface area contributed by atoms with Crippen LogP contribution in [-0.4, -0.2) is 36.8 Å². The zero-order chi connectivity index (χ0) is 18.8. The highest BCUT2D eigenvalue weighted by molar-refractivity contribution is 9.10. The lowest BCUT2D eigenvalue weighted by Gasteiger charge is -2.29. The van der Waals surface area contributed by atoms with E-state index >= 15 is 0 Å². The van der Waals surface area contributed by atoms with Crippen molar-refractivity contribution in [2.75, 3.05) is 36.1 Å². The molecule has 2 aliphatic rings. The number of rotatable bonds is 4. The molecule has 0 spiro atoms. The lowest BCUT2D eigenvalue weighted by molar-refractivity contribution is 0.122. The van der Waals surface area contributed by atoms with E-state index in [4.69, 9.17) is 15.2 Å². The Morgan fingerprint density at radius 1 is 1.26 bits per heavy atom. The summed E-state index contributed by atoms with van der Waals surface area (Å²) in [5.41, 5.74) is 8.20. The minimum atomic E-state index is -0.203. The number of hydrogen-bond donors (Lipinski definition) is 1. The average Bonchev–Trinajstić information content (AvgIpc) is 3.03. The Balaban J connectivity index is 1.64. The molecule has 2 aromatic rings. The maximum absolute atomic E-state index is 6.28. The number of thioether (sulfide) groups is 1. The first-order valence-electron chi connectivity index (χ1n) is 8.75. The van der Waals surface area contributed by atoms with Crippen LogP contribution >= 0.6 is 27.7 Å². The molecule has 1 aromatic carbocycles. The van der Waals surface area contributed by atoms with Gasteiger partial charge in [0.1, 0.15) is 11.2 Å². The van der Waals surface area contributed by atoms with Gasteiger partial charge in [0.05, 0.1) is 17.7 Å². The smallest absolute Gasteiger partial charge is 0.178 e. The molecule has 27 heavy (non-hydrogen) atoms. The molecule has 1 atom stereocenters. The van der Waals surface area contributed by atoms with Gasteiger partial charge in [-0.15, -0.1) is 0 Å². The molecule has 0 radical (unpaired) electrons. The first-order valence-corrected chi connectivity index (χ1v) is 10.5. The van der Waals surface area contributed by atoms with E-state index in [0.717, 1.165) is 47.9 Å². The van der Waals surface area contributed by atoms with Crippen LogP contribution in [-0.2, 0) is 4.74 Å². The number of morpholine rings is 1. The van der Waals surface area contributed by atoms with Crippen molar-refractivity contribution >= 4 is 39.2 Å². The second-order valence-electron chi connectivity index (χ2n) is 6.30. The van der Waals surface area contributed by atoms with Crippen LogP contribution in [0.15, 0.2) is 52.1 Å². The Morgan fingerprint density at radius 2 is 2.07 bits per heavy atom. The fourth-order valence-electron chi connectivity index (χ4n) is 3.12. The van der Waals surface area contributed by atoms with Crippen molar-refractivity contribution in [3.63, 3.8) is 0 Å². The van der Waals surface area contributed by atoms with Gasteiger partial charge in [0, 0.05) is 36.7 Å². The third-order valence-electron chi connectivity index (χ3n) is 4.50. The van der Waals surface area contributed by atoms with Gasteiger partial charge < -0.3 is 25.0 Å². The van der Waals surface area contributed by atoms with Crippen molar-refractivity contribution in [2.45, 2.75) is 12.4 Å². The molecule has 2 N–H and O–H groups in total. The first-order chi connectivity index (χ1) is 13.1. The zero-order valence-electron chi connectivity index (χ0n) is 15.0. The van der Waals surface area contributed by atoms with Crippen LogP contribution in [0.2, 0.25) is 0 Å². The molecule has 142 valence electrons. The van der Waals surface area contributed by atoms with Gasteiger partial charge in [0.25, 0.3) is 0 Å². The number of allylic oxidation sites excluding steroid dienone is 1. The monoisotopic (exact) mass is 448 g/mol. The van der Waals surface area contributed by atoms with Crippen molar-refractivity contribution in [3.05, 3.63) is 52.1 Å². The van der Waals surface area contributed by atoms with Gasteiger partial charge in [-0.2, -0.15) is 0 Å². The standard InChI is InChI=1S/C19H21BrN4O2S/c1-13-12-27-19(21)24(13)18-16(3-2-6-22-18)26-17-11-14(4-5-15(17)20)23-7-9-25-10-8-23/h2-6,11-12,19H,7-10,21H2,1H3. The molecule has 1 unspecified atom stereocenters. The van der Waals surface area contributed by atoms with Crippen LogP contribution in [0.5, 0.6) is 11.5 Å². The molecule has 8 heteroatoms. The van der Waals surface area contributed by atoms with Gasteiger partial charge in [0.15, 0.2) is 11.6 Å².